The molecule has 0 saturated carbocycles. The highest BCUT2D eigenvalue weighted by Gasteiger charge is 2.28. The lowest BCUT2D eigenvalue weighted by molar-refractivity contribution is 0.0893. The molecule has 1 amide bonds. The minimum Gasteiger partial charge on any atom is -0.344 e. The summed E-state index contributed by atoms with van der Waals surface area (Å²) in [6.07, 6.45) is 0.839. The molecule has 0 aliphatic heterocycles. The van der Waals surface area contributed by atoms with E-state index in [0.29, 0.717) is 18.2 Å². The van der Waals surface area contributed by atoms with Crippen molar-refractivity contribution in [2.75, 3.05) is 6.54 Å². The van der Waals surface area contributed by atoms with Gasteiger partial charge in [-0.3, -0.25) is 9.89 Å². The Kier molecular flexibility index (Phi) is 4.97. The number of hydrogen-bond acceptors (Lipinski definition) is 3. The van der Waals surface area contributed by atoms with E-state index in [1.165, 1.54) is 0 Å². The van der Waals surface area contributed by atoms with Crippen molar-refractivity contribution in [3.63, 3.8) is 0 Å². The van der Waals surface area contributed by atoms with E-state index in [4.69, 9.17) is 5.73 Å². The first-order valence-electron chi connectivity index (χ1n) is 7.16. The number of H-pyrrole nitrogens is 1. The molecule has 5 nitrogen and oxygen atoms in total. The molecule has 20 heavy (non-hydrogen) atoms. The molecule has 4 N–H and O–H groups in total. The lowest BCUT2D eigenvalue weighted by Gasteiger charge is -2.30. The zero-order chi connectivity index (χ0) is 15.6. The van der Waals surface area contributed by atoms with Gasteiger partial charge >= 0.3 is 0 Å². The predicted molar refractivity (Wildman–Crippen MR) is 81.7 cm³/mol. The molecular formula is C15H28N4O. The van der Waals surface area contributed by atoms with Crippen LogP contribution < -0.4 is 11.1 Å². The maximum atomic E-state index is 12.3. The van der Waals surface area contributed by atoms with Crippen LogP contribution in [-0.4, -0.2) is 28.2 Å². The zero-order valence-corrected chi connectivity index (χ0v) is 13.5. The molecule has 0 aliphatic carbocycles. The van der Waals surface area contributed by atoms with Crippen LogP contribution in [0.25, 0.3) is 0 Å². The molecule has 0 aliphatic rings. The average molecular weight is 280 g/mol. The molecule has 1 heterocycles. The number of nitrogens with two attached hydrogens (primary N) is 1. The summed E-state index contributed by atoms with van der Waals surface area (Å²) < 4.78 is 0. The molecule has 0 aromatic carbocycles. The van der Waals surface area contributed by atoms with Gasteiger partial charge in [-0.05, 0) is 25.3 Å². The Morgan fingerprint density at radius 3 is 2.40 bits per heavy atom. The summed E-state index contributed by atoms with van der Waals surface area (Å²) in [7, 11) is 0. The second-order valence-electron chi connectivity index (χ2n) is 7.23. The molecular weight excluding hydrogens is 252 g/mol. The largest absolute Gasteiger partial charge is 0.344 e. The standard InChI is InChI=1S/C15H28N4O/c1-10(2)8-15(6,9-16)17-13(20)11-7-12(19-18-11)14(3,4)5/h7,10H,8-9,16H2,1-6H3,(H,17,20)(H,18,19). The van der Waals surface area contributed by atoms with Crippen molar-refractivity contribution in [1.29, 1.82) is 0 Å². The van der Waals surface area contributed by atoms with Gasteiger partial charge in [-0.2, -0.15) is 5.10 Å². The Balaban J connectivity index is 2.82. The van der Waals surface area contributed by atoms with Crippen molar-refractivity contribution >= 4 is 5.91 Å². The third-order valence-electron chi connectivity index (χ3n) is 3.34. The van der Waals surface area contributed by atoms with Crippen molar-refractivity contribution in [3.8, 4) is 0 Å². The smallest absolute Gasteiger partial charge is 0.272 e. The molecule has 0 fully saturated rings. The van der Waals surface area contributed by atoms with Gasteiger partial charge in [0.1, 0.15) is 5.69 Å². The van der Waals surface area contributed by atoms with E-state index in [-0.39, 0.29) is 11.3 Å². The highest BCUT2D eigenvalue weighted by Crippen LogP contribution is 2.21. The van der Waals surface area contributed by atoms with Crippen molar-refractivity contribution < 1.29 is 4.79 Å². The molecule has 1 aromatic heterocycles. The van der Waals surface area contributed by atoms with Crippen LogP contribution in [0.15, 0.2) is 6.07 Å². The molecule has 0 spiro atoms. The van der Waals surface area contributed by atoms with Gasteiger partial charge in [-0.25, -0.2) is 0 Å². The predicted octanol–water partition coefficient (Wildman–Crippen LogP) is 2.20. The minimum atomic E-state index is -0.397. The molecule has 114 valence electrons. The monoisotopic (exact) mass is 280 g/mol. The Bertz CT molecular complexity index is 459. The number of hydrogen-bond donors (Lipinski definition) is 3. The zero-order valence-electron chi connectivity index (χ0n) is 13.5. The Morgan fingerprint density at radius 1 is 1.40 bits per heavy atom. The van der Waals surface area contributed by atoms with Crippen LogP contribution in [0.2, 0.25) is 0 Å². The first-order chi connectivity index (χ1) is 9.07. The first-order valence-corrected chi connectivity index (χ1v) is 7.16. The molecule has 0 bridgehead atoms. The molecule has 1 aromatic rings. The van der Waals surface area contributed by atoms with Crippen LogP contribution >= 0.6 is 0 Å². The lowest BCUT2D eigenvalue weighted by Crippen LogP contribution is -2.52. The SMILES string of the molecule is CC(C)CC(C)(CN)NC(=O)c1cc(C(C)(C)C)[nH]n1. The molecule has 1 atom stereocenters. The van der Waals surface area contributed by atoms with Gasteiger partial charge in [-0.1, -0.05) is 34.6 Å². The lowest BCUT2D eigenvalue weighted by atomic mass is 9.90. The minimum absolute atomic E-state index is 0.0549. The van der Waals surface area contributed by atoms with E-state index < -0.39 is 5.54 Å². The highest BCUT2D eigenvalue weighted by molar-refractivity contribution is 5.92. The quantitative estimate of drug-likeness (QED) is 0.773. The van der Waals surface area contributed by atoms with E-state index in [9.17, 15) is 4.79 Å². The summed E-state index contributed by atoms with van der Waals surface area (Å²) in [4.78, 5) is 12.3. The number of rotatable bonds is 5. The van der Waals surface area contributed by atoms with Crippen molar-refractivity contribution in [2.45, 2.75) is 58.9 Å². The summed E-state index contributed by atoms with van der Waals surface area (Å²) in [5, 5.41) is 10.0. The van der Waals surface area contributed by atoms with Gasteiger partial charge < -0.3 is 11.1 Å². The topological polar surface area (TPSA) is 83.8 Å². The number of aromatic nitrogens is 2. The number of carbonyl (C=O) groups is 1. The van der Waals surface area contributed by atoms with Crippen LogP contribution in [0.3, 0.4) is 0 Å². The highest BCUT2D eigenvalue weighted by atomic mass is 16.2. The van der Waals surface area contributed by atoms with Gasteiger partial charge in [0, 0.05) is 17.7 Å². The maximum Gasteiger partial charge on any atom is 0.272 e. The molecule has 0 saturated heterocycles. The summed E-state index contributed by atoms with van der Waals surface area (Å²) in [5.41, 5.74) is 6.72. The average Bonchev–Trinajstić information content (AvgIpc) is 2.76. The van der Waals surface area contributed by atoms with E-state index in [2.05, 4.69) is 50.1 Å². The van der Waals surface area contributed by atoms with E-state index in [0.717, 1.165) is 12.1 Å². The fourth-order valence-electron chi connectivity index (χ4n) is 2.25. The fourth-order valence-corrected chi connectivity index (χ4v) is 2.25. The fraction of sp³-hybridized carbons (Fsp3) is 0.733. The second-order valence-corrected chi connectivity index (χ2v) is 7.23. The summed E-state index contributed by atoms with van der Waals surface area (Å²) in [6.45, 7) is 12.8. The van der Waals surface area contributed by atoms with Crippen molar-refractivity contribution in [3.05, 3.63) is 17.5 Å². The van der Waals surface area contributed by atoms with Gasteiger partial charge in [-0.15, -0.1) is 0 Å². The normalized spacial score (nSPS) is 15.2. The Hall–Kier alpha value is -1.36. The summed E-state index contributed by atoms with van der Waals surface area (Å²) >= 11 is 0. The van der Waals surface area contributed by atoms with E-state index >= 15 is 0 Å². The molecule has 0 radical (unpaired) electrons. The van der Waals surface area contributed by atoms with Crippen LogP contribution in [-0.2, 0) is 5.41 Å². The van der Waals surface area contributed by atoms with Crippen LogP contribution in [0.5, 0.6) is 0 Å². The van der Waals surface area contributed by atoms with Gasteiger partial charge in [0.2, 0.25) is 0 Å². The van der Waals surface area contributed by atoms with Crippen LogP contribution in [0.1, 0.15) is 64.1 Å². The van der Waals surface area contributed by atoms with Gasteiger partial charge in [0.15, 0.2) is 0 Å². The summed E-state index contributed by atoms with van der Waals surface area (Å²) in [6, 6.07) is 1.81. The number of nitrogens with zero attached hydrogens (tertiary/aromatic N) is 1. The van der Waals surface area contributed by atoms with Crippen LogP contribution in [0, 0.1) is 5.92 Å². The third-order valence-corrected chi connectivity index (χ3v) is 3.34. The number of carbonyl (C=O) groups excluding carboxylic acids is 1. The van der Waals surface area contributed by atoms with Crippen LogP contribution in [0.4, 0.5) is 0 Å². The van der Waals surface area contributed by atoms with Gasteiger partial charge in [0.05, 0.1) is 5.54 Å². The van der Waals surface area contributed by atoms with Crippen molar-refractivity contribution in [2.24, 2.45) is 11.7 Å². The summed E-state index contributed by atoms with van der Waals surface area (Å²) in [5.74, 6) is 0.290. The van der Waals surface area contributed by atoms with Crippen molar-refractivity contribution in [1.82, 2.24) is 15.5 Å². The van der Waals surface area contributed by atoms with E-state index in [1.807, 2.05) is 13.0 Å². The maximum absolute atomic E-state index is 12.3. The number of amides is 1. The van der Waals surface area contributed by atoms with Gasteiger partial charge in [0.25, 0.3) is 5.91 Å². The molecule has 1 unspecified atom stereocenters. The Morgan fingerprint density at radius 2 is 2.00 bits per heavy atom. The first kappa shape index (κ1) is 16.7. The van der Waals surface area contributed by atoms with E-state index in [1.54, 1.807) is 0 Å². The second kappa shape index (κ2) is 5.95. The third kappa shape index (κ3) is 4.34. The molecule has 1 rings (SSSR count). The molecule has 5 heteroatoms. The number of aromatic amines is 1. The Labute approximate surface area is 121 Å². The number of nitrogens with one attached hydrogen (secondary N) is 2.